The van der Waals surface area contributed by atoms with Crippen molar-refractivity contribution in [3.63, 3.8) is 0 Å². The number of nitrogens with one attached hydrogen (secondary N) is 1. The first-order valence-electron chi connectivity index (χ1n) is 6.12. The van der Waals surface area contributed by atoms with Crippen LogP contribution in [0.5, 0.6) is 0 Å². The molecule has 3 N–H and O–H groups in total. The number of hydrogen-bond acceptors (Lipinski definition) is 5. The predicted molar refractivity (Wildman–Crippen MR) is 77.8 cm³/mol. The van der Waals surface area contributed by atoms with Gasteiger partial charge in [0.15, 0.2) is 0 Å². The van der Waals surface area contributed by atoms with Gasteiger partial charge >= 0.3 is 0 Å². The molecule has 0 atom stereocenters. The molecule has 0 aliphatic rings. The van der Waals surface area contributed by atoms with E-state index in [-0.39, 0.29) is 27.9 Å². The summed E-state index contributed by atoms with van der Waals surface area (Å²) in [7, 11) is 1.65. The van der Waals surface area contributed by atoms with Crippen molar-refractivity contribution in [3.05, 3.63) is 32.8 Å². The molecular formula is C12H17ClN4O3. The Balaban J connectivity index is 3.13. The van der Waals surface area contributed by atoms with Gasteiger partial charge in [0.1, 0.15) is 5.69 Å². The quantitative estimate of drug-likeness (QED) is 0.477. The van der Waals surface area contributed by atoms with Crippen LogP contribution in [-0.4, -0.2) is 29.3 Å². The minimum atomic E-state index is -0.635. The molecule has 0 radical (unpaired) electrons. The number of nitrogen functional groups attached to an aromatic ring is 1. The number of nitrogens with zero attached hydrogens (tertiary/aromatic N) is 2. The summed E-state index contributed by atoms with van der Waals surface area (Å²) in [5.41, 5.74) is 2.01. The molecule has 0 saturated carbocycles. The van der Waals surface area contributed by atoms with Gasteiger partial charge in [-0.25, -0.2) is 0 Å². The SMILES string of the molecule is CCCCN(C)C(=O)c1cc(Cl)c(NN)c([N+](=O)[O-])c1. The average molecular weight is 301 g/mol. The van der Waals surface area contributed by atoms with Gasteiger partial charge in [0, 0.05) is 25.2 Å². The highest BCUT2D eigenvalue weighted by Gasteiger charge is 2.22. The molecule has 0 fully saturated rings. The van der Waals surface area contributed by atoms with Gasteiger partial charge in [-0.1, -0.05) is 24.9 Å². The largest absolute Gasteiger partial charge is 0.342 e. The Labute approximate surface area is 121 Å². The summed E-state index contributed by atoms with van der Waals surface area (Å²) in [6, 6.07) is 2.54. The number of unbranched alkanes of at least 4 members (excludes halogenated alkanes) is 1. The molecular weight excluding hydrogens is 284 g/mol. The van der Waals surface area contributed by atoms with Crippen LogP contribution in [0.2, 0.25) is 5.02 Å². The van der Waals surface area contributed by atoms with E-state index in [4.69, 9.17) is 17.4 Å². The molecule has 0 unspecified atom stereocenters. The highest BCUT2D eigenvalue weighted by atomic mass is 35.5. The standard InChI is InChI=1S/C12H17ClN4O3/c1-3-4-5-16(2)12(18)8-6-9(13)11(15-14)10(7-8)17(19)20/h6-7,15H,3-5,14H2,1-2H3. The second kappa shape index (κ2) is 7.06. The summed E-state index contributed by atoms with van der Waals surface area (Å²) in [4.78, 5) is 24.0. The zero-order valence-electron chi connectivity index (χ0n) is 11.4. The van der Waals surface area contributed by atoms with Crippen LogP contribution < -0.4 is 11.3 Å². The van der Waals surface area contributed by atoms with Crippen LogP contribution in [0.15, 0.2) is 12.1 Å². The van der Waals surface area contributed by atoms with E-state index < -0.39 is 4.92 Å². The lowest BCUT2D eigenvalue weighted by Crippen LogP contribution is -2.27. The Morgan fingerprint density at radius 1 is 1.55 bits per heavy atom. The van der Waals surface area contributed by atoms with E-state index in [2.05, 4.69) is 5.43 Å². The molecule has 0 spiro atoms. The van der Waals surface area contributed by atoms with Crippen LogP contribution >= 0.6 is 11.6 Å². The van der Waals surface area contributed by atoms with Gasteiger partial charge in [-0.05, 0) is 12.5 Å². The number of carbonyl (C=O) groups is 1. The Morgan fingerprint density at radius 2 is 2.20 bits per heavy atom. The molecule has 20 heavy (non-hydrogen) atoms. The molecule has 0 saturated heterocycles. The normalized spacial score (nSPS) is 10.2. The number of hydrazine groups is 1. The van der Waals surface area contributed by atoms with Crippen LogP contribution in [0.4, 0.5) is 11.4 Å². The summed E-state index contributed by atoms with van der Waals surface area (Å²) in [6.07, 6.45) is 1.81. The van der Waals surface area contributed by atoms with Gasteiger partial charge in [-0.2, -0.15) is 0 Å². The molecule has 0 aliphatic carbocycles. The number of nitro benzene ring substituents is 1. The lowest BCUT2D eigenvalue weighted by atomic mass is 10.1. The van der Waals surface area contributed by atoms with Gasteiger partial charge in [-0.15, -0.1) is 0 Å². The van der Waals surface area contributed by atoms with Crippen molar-refractivity contribution >= 4 is 28.9 Å². The minimum Gasteiger partial charge on any atom is -0.342 e. The summed E-state index contributed by atoms with van der Waals surface area (Å²) in [6.45, 7) is 2.60. The molecule has 7 nitrogen and oxygen atoms in total. The molecule has 1 aromatic carbocycles. The number of amides is 1. The third-order valence-electron chi connectivity index (χ3n) is 2.85. The van der Waals surface area contributed by atoms with Crippen molar-refractivity contribution in [1.29, 1.82) is 0 Å². The number of hydrogen-bond donors (Lipinski definition) is 2. The van der Waals surface area contributed by atoms with Crippen LogP contribution in [0, 0.1) is 10.1 Å². The third kappa shape index (κ3) is 3.58. The average Bonchev–Trinajstić information content (AvgIpc) is 2.42. The van der Waals surface area contributed by atoms with Crippen LogP contribution in [0.1, 0.15) is 30.1 Å². The lowest BCUT2D eigenvalue weighted by Gasteiger charge is -2.17. The number of carbonyl (C=O) groups excluding carboxylic acids is 1. The molecule has 0 aliphatic heterocycles. The van der Waals surface area contributed by atoms with E-state index in [9.17, 15) is 14.9 Å². The number of anilines is 1. The van der Waals surface area contributed by atoms with Crippen LogP contribution in [0.25, 0.3) is 0 Å². The maximum Gasteiger partial charge on any atom is 0.295 e. The second-order valence-electron chi connectivity index (χ2n) is 4.33. The van der Waals surface area contributed by atoms with Gasteiger partial charge < -0.3 is 10.3 Å². The zero-order chi connectivity index (χ0) is 15.3. The van der Waals surface area contributed by atoms with E-state index in [0.717, 1.165) is 12.8 Å². The van der Waals surface area contributed by atoms with Crippen molar-refractivity contribution in [3.8, 4) is 0 Å². The number of rotatable bonds is 6. The van der Waals surface area contributed by atoms with Gasteiger partial charge in [-0.3, -0.25) is 20.8 Å². The van der Waals surface area contributed by atoms with Crippen molar-refractivity contribution < 1.29 is 9.72 Å². The second-order valence-corrected chi connectivity index (χ2v) is 4.74. The van der Waals surface area contributed by atoms with Crippen LogP contribution in [-0.2, 0) is 0 Å². The van der Waals surface area contributed by atoms with E-state index in [1.165, 1.54) is 17.0 Å². The monoisotopic (exact) mass is 300 g/mol. The number of halogens is 1. The van der Waals surface area contributed by atoms with Crippen molar-refractivity contribution in [2.24, 2.45) is 5.84 Å². The topological polar surface area (TPSA) is 102 Å². The van der Waals surface area contributed by atoms with E-state index in [0.29, 0.717) is 6.54 Å². The summed E-state index contributed by atoms with van der Waals surface area (Å²) >= 11 is 5.91. The predicted octanol–water partition coefficient (Wildman–Crippen LogP) is 2.41. The maximum atomic E-state index is 12.2. The van der Waals surface area contributed by atoms with Crippen molar-refractivity contribution in [2.75, 3.05) is 19.0 Å². The van der Waals surface area contributed by atoms with Gasteiger partial charge in [0.25, 0.3) is 11.6 Å². The number of nitrogens with two attached hydrogens (primary N) is 1. The summed E-state index contributed by atoms with van der Waals surface area (Å²) in [5, 5.41) is 11.0. The first-order chi connectivity index (χ1) is 9.42. The van der Waals surface area contributed by atoms with Gasteiger partial charge in [0.05, 0.1) is 9.95 Å². The third-order valence-corrected chi connectivity index (χ3v) is 3.15. The van der Waals surface area contributed by atoms with Crippen molar-refractivity contribution in [2.45, 2.75) is 19.8 Å². The minimum absolute atomic E-state index is 0.00979. The molecule has 1 amide bonds. The van der Waals surface area contributed by atoms with E-state index in [1.54, 1.807) is 7.05 Å². The highest BCUT2D eigenvalue weighted by molar-refractivity contribution is 6.34. The fourth-order valence-corrected chi connectivity index (χ4v) is 1.99. The summed E-state index contributed by atoms with van der Waals surface area (Å²) < 4.78 is 0. The first-order valence-corrected chi connectivity index (χ1v) is 6.50. The number of benzene rings is 1. The molecule has 0 bridgehead atoms. The Bertz CT molecular complexity index is 522. The first kappa shape index (κ1) is 16.2. The number of nitro groups is 1. The smallest absolute Gasteiger partial charge is 0.295 e. The Kier molecular flexibility index (Phi) is 5.72. The summed E-state index contributed by atoms with van der Waals surface area (Å²) in [5.74, 6) is 4.89. The highest BCUT2D eigenvalue weighted by Crippen LogP contribution is 2.33. The molecule has 8 heteroatoms. The Hall–Kier alpha value is -1.86. The van der Waals surface area contributed by atoms with E-state index in [1.807, 2.05) is 6.92 Å². The molecule has 1 aromatic rings. The van der Waals surface area contributed by atoms with Crippen LogP contribution in [0.3, 0.4) is 0 Å². The fourth-order valence-electron chi connectivity index (χ4n) is 1.72. The molecule has 110 valence electrons. The Morgan fingerprint density at radius 3 is 2.70 bits per heavy atom. The zero-order valence-corrected chi connectivity index (χ0v) is 12.1. The maximum absolute atomic E-state index is 12.2. The lowest BCUT2D eigenvalue weighted by molar-refractivity contribution is -0.384. The molecule has 0 heterocycles. The fraction of sp³-hybridized carbons (Fsp3) is 0.417. The molecule has 0 aromatic heterocycles. The van der Waals surface area contributed by atoms with E-state index >= 15 is 0 Å². The van der Waals surface area contributed by atoms with Crippen molar-refractivity contribution in [1.82, 2.24) is 4.90 Å². The van der Waals surface area contributed by atoms with Gasteiger partial charge in [0.2, 0.25) is 0 Å². The molecule has 1 rings (SSSR count).